The number of carbonyl (C=O) groups excluding carboxylic acids is 1. The van der Waals surface area contributed by atoms with Crippen molar-refractivity contribution in [2.24, 2.45) is 0 Å². The van der Waals surface area contributed by atoms with Crippen LogP contribution >= 0.6 is 11.3 Å². The van der Waals surface area contributed by atoms with Crippen LogP contribution in [0.15, 0.2) is 42.5 Å². The van der Waals surface area contributed by atoms with E-state index in [1.807, 2.05) is 25.1 Å². The van der Waals surface area contributed by atoms with Crippen LogP contribution in [0.3, 0.4) is 0 Å². The topological polar surface area (TPSA) is 42.0 Å². The van der Waals surface area contributed by atoms with Gasteiger partial charge in [0.25, 0.3) is 5.91 Å². The summed E-state index contributed by atoms with van der Waals surface area (Å²) in [7, 11) is 0. The number of carbonyl (C=O) groups is 1. The molecule has 3 rings (SSSR count). The minimum Gasteiger partial charge on any atom is -0.298 e. The van der Waals surface area contributed by atoms with Gasteiger partial charge in [0.1, 0.15) is 0 Å². The molecule has 0 aliphatic carbocycles. The molecule has 0 radical (unpaired) electrons. The lowest BCUT2D eigenvalue weighted by molar-refractivity contribution is -0.137. The Bertz CT molecular complexity index is 902. The highest BCUT2D eigenvalue weighted by molar-refractivity contribution is 7.22. The quantitative estimate of drug-likeness (QED) is 0.711. The van der Waals surface area contributed by atoms with Crippen LogP contribution in [0.5, 0.6) is 0 Å². The summed E-state index contributed by atoms with van der Waals surface area (Å²) in [6.45, 7) is 2.01. The van der Waals surface area contributed by atoms with Gasteiger partial charge in [-0.2, -0.15) is 13.2 Å². The molecule has 1 aromatic heterocycles. The Kier molecular flexibility index (Phi) is 4.28. The maximum Gasteiger partial charge on any atom is 0.416 e. The number of nitrogens with zero attached hydrogens (tertiary/aromatic N) is 1. The second kappa shape index (κ2) is 6.24. The third kappa shape index (κ3) is 3.26. The third-order valence-corrected chi connectivity index (χ3v) is 4.49. The average Bonchev–Trinajstić information content (AvgIpc) is 2.96. The zero-order valence-corrected chi connectivity index (χ0v) is 13.5. The van der Waals surface area contributed by atoms with Crippen molar-refractivity contribution in [3.63, 3.8) is 0 Å². The van der Waals surface area contributed by atoms with Gasteiger partial charge in [0.05, 0.1) is 15.8 Å². The van der Waals surface area contributed by atoms with Crippen LogP contribution in [0.2, 0.25) is 0 Å². The fourth-order valence-corrected chi connectivity index (χ4v) is 3.26. The smallest absolute Gasteiger partial charge is 0.298 e. The predicted octanol–water partition coefficient (Wildman–Crippen LogP) is 5.13. The van der Waals surface area contributed by atoms with Gasteiger partial charge in [-0.05, 0) is 36.2 Å². The number of rotatable bonds is 3. The Morgan fingerprint density at radius 3 is 2.67 bits per heavy atom. The van der Waals surface area contributed by atoms with Crippen molar-refractivity contribution in [2.45, 2.75) is 19.5 Å². The summed E-state index contributed by atoms with van der Waals surface area (Å²) in [4.78, 5) is 16.6. The van der Waals surface area contributed by atoms with Gasteiger partial charge in [0.2, 0.25) is 0 Å². The van der Waals surface area contributed by atoms with Crippen LogP contribution in [-0.2, 0) is 12.6 Å². The van der Waals surface area contributed by atoms with Crippen LogP contribution < -0.4 is 5.32 Å². The second-order valence-corrected chi connectivity index (χ2v) is 6.20. The van der Waals surface area contributed by atoms with E-state index < -0.39 is 17.6 Å². The van der Waals surface area contributed by atoms with Gasteiger partial charge in [0.15, 0.2) is 5.13 Å². The largest absolute Gasteiger partial charge is 0.416 e. The van der Waals surface area contributed by atoms with E-state index in [1.165, 1.54) is 23.5 Å². The Morgan fingerprint density at radius 1 is 1.21 bits per heavy atom. The number of amides is 1. The molecule has 24 heavy (non-hydrogen) atoms. The Labute approximate surface area is 140 Å². The van der Waals surface area contributed by atoms with Gasteiger partial charge < -0.3 is 0 Å². The lowest BCUT2D eigenvalue weighted by Gasteiger charge is -2.08. The standard InChI is InChI=1S/C17H13F3N2OS/c1-2-10-5-4-8-13-14(10)21-16(24-13)22-15(23)11-6-3-7-12(9-11)17(18,19)20/h3-9H,2H2,1H3,(H,21,22,23). The van der Waals surface area contributed by atoms with Crippen molar-refractivity contribution in [1.82, 2.24) is 4.98 Å². The molecule has 3 nitrogen and oxygen atoms in total. The number of alkyl halides is 3. The normalized spacial score (nSPS) is 11.7. The number of halogens is 3. The molecular formula is C17H13F3N2OS. The molecule has 0 aliphatic heterocycles. The average molecular weight is 350 g/mol. The molecule has 7 heteroatoms. The molecule has 124 valence electrons. The van der Waals surface area contributed by atoms with Crippen molar-refractivity contribution < 1.29 is 18.0 Å². The molecule has 0 saturated heterocycles. The number of nitrogens with one attached hydrogen (secondary N) is 1. The first-order chi connectivity index (χ1) is 11.4. The Balaban J connectivity index is 1.88. The molecule has 0 aliphatic rings. The predicted molar refractivity (Wildman–Crippen MR) is 88.4 cm³/mol. The van der Waals surface area contributed by atoms with Crippen molar-refractivity contribution in [2.75, 3.05) is 5.32 Å². The minimum atomic E-state index is -4.48. The Morgan fingerprint density at radius 2 is 1.96 bits per heavy atom. The number of hydrogen-bond donors (Lipinski definition) is 1. The molecule has 0 saturated carbocycles. The number of benzene rings is 2. The maximum absolute atomic E-state index is 12.7. The summed E-state index contributed by atoms with van der Waals surface area (Å²) in [5.74, 6) is -0.613. The van der Waals surface area contributed by atoms with E-state index in [9.17, 15) is 18.0 Å². The summed E-state index contributed by atoms with van der Waals surface area (Å²) >= 11 is 1.29. The van der Waals surface area contributed by atoms with E-state index in [-0.39, 0.29) is 5.56 Å². The van der Waals surface area contributed by atoms with Gasteiger partial charge in [-0.25, -0.2) is 4.98 Å². The van der Waals surface area contributed by atoms with Crippen LogP contribution in [0.4, 0.5) is 18.3 Å². The molecular weight excluding hydrogens is 337 g/mol. The van der Waals surface area contributed by atoms with Gasteiger partial charge >= 0.3 is 6.18 Å². The molecule has 1 heterocycles. The number of fused-ring (bicyclic) bond motifs is 1. The molecule has 2 aromatic carbocycles. The molecule has 0 fully saturated rings. The summed E-state index contributed by atoms with van der Waals surface area (Å²) in [6, 6.07) is 10.1. The fraction of sp³-hybridized carbons (Fsp3) is 0.176. The van der Waals surface area contributed by atoms with E-state index in [1.54, 1.807) is 0 Å². The number of para-hydroxylation sites is 1. The van der Waals surface area contributed by atoms with Gasteiger partial charge in [-0.3, -0.25) is 10.1 Å². The zero-order valence-electron chi connectivity index (χ0n) is 12.6. The third-order valence-electron chi connectivity index (χ3n) is 3.56. The van der Waals surface area contributed by atoms with Crippen LogP contribution in [0, 0.1) is 0 Å². The SMILES string of the molecule is CCc1cccc2sc(NC(=O)c3cccc(C(F)(F)F)c3)nc12. The van der Waals surface area contributed by atoms with E-state index in [0.29, 0.717) is 5.13 Å². The van der Waals surface area contributed by atoms with E-state index in [2.05, 4.69) is 10.3 Å². The number of aromatic nitrogens is 1. The number of hydrogen-bond acceptors (Lipinski definition) is 3. The van der Waals surface area contributed by atoms with Gasteiger partial charge in [-0.15, -0.1) is 0 Å². The highest BCUT2D eigenvalue weighted by atomic mass is 32.1. The highest BCUT2D eigenvalue weighted by Gasteiger charge is 2.30. The van der Waals surface area contributed by atoms with Crippen LogP contribution in [0.1, 0.15) is 28.4 Å². The van der Waals surface area contributed by atoms with Crippen molar-refractivity contribution in [1.29, 1.82) is 0 Å². The second-order valence-electron chi connectivity index (χ2n) is 5.17. The first-order valence-electron chi connectivity index (χ1n) is 7.25. The van der Waals surface area contributed by atoms with Crippen molar-refractivity contribution in [3.05, 3.63) is 59.2 Å². The molecule has 0 atom stereocenters. The van der Waals surface area contributed by atoms with Gasteiger partial charge in [0, 0.05) is 5.56 Å². The zero-order chi connectivity index (χ0) is 17.3. The summed E-state index contributed by atoms with van der Waals surface area (Å²) < 4.78 is 39.1. The molecule has 0 unspecified atom stereocenters. The molecule has 0 bridgehead atoms. The monoisotopic (exact) mass is 350 g/mol. The summed E-state index contributed by atoms with van der Waals surface area (Å²) in [6.07, 6.45) is -3.68. The lowest BCUT2D eigenvalue weighted by atomic mass is 10.1. The minimum absolute atomic E-state index is 0.0557. The van der Waals surface area contributed by atoms with E-state index in [4.69, 9.17) is 0 Å². The van der Waals surface area contributed by atoms with Crippen molar-refractivity contribution >= 4 is 32.6 Å². The molecule has 3 aromatic rings. The number of anilines is 1. The number of aryl methyl sites for hydroxylation is 1. The lowest BCUT2D eigenvalue weighted by Crippen LogP contribution is -2.13. The first kappa shape index (κ1) is 16.4. The van der Waals surface area contributed by atoms with Crippen LogP contribution in [0.25, 0.3) is 10.2 Å². The fourth-order valence-electron chi connectivity index (χ4n) is 2.35. The van der Waals surface area contributed by atoms with Crippen molar-refractivity contribution in [3.8, 4) is 0 Å². The van der Waals surface area contributed by atoms with E-state index in [0.717, 1.165) is 34.3 Å². The first-order valence-corrected chi connectivity index (χ1v) is 8.07. The Hall–Kier alpha value is -2.41. The van der Waals surface area contributed by atoms with Gasteiger partial charge in [-0.1, -0.05) is 36.5 Å². The summed E-state index contributed by atoms with van der Waals surface area (Å²) in [5.41, 5.74) is 0.958. The maximum atomic E-state index is 12.7. The molecule has 1 N–H and O–H groups in total. The molecule has 1 amide bonds. The van der Waals surface area contributed by atoms with E-state index >= 15 is 0 Å². The summed E-state index contributed by atoms with van der Waals surface area (Å²) in [5, 5.41) is 2.95. The highest BCUT2D eigenvalue weighted by Crippen LogP contribution is 2.31. The number of thiazole rings is 1. The van der Waals surface area contributed by atoms with Crippen LogP contribution in [-0.4, -0.2) is 10.9 Å². The molecule has 0 spiro atoms.